The Kier molecular flexibility index (Phi) is 8.17. The molecule has 1 amide bonds. The van der Waals surface area contributed by atoms with E-state index in [-0.39, 0.29) is 18.3 Å². The Bertz CT molecular complexity index is 661. The van der Waals surface area contributed by atoms with Gasteiger partial charge in [0.25, 0.3) is 5.91 Å². The lowest BCUT2D eigenvalue weighted by Crippen LogP contribution is -2.28. The molecule has 23 heavy (non-hydrogen) atoms. The largest absolute Gasteiger partial charge is 0.351 e. The molecule has 0 aliphatic rings. The summed E-state index contributed by atoms with van der Waals surface area (Å²) in [6.07, 6.45) is 0. The van der Waals surface area contributed by atoms with Gasteiger partial charge < -0.3 is 11.1 Å². The van der Waals surface area contributed by atoms with Crippen LogP contribution in [0, 0.1) is 13.8 Å². The summed E-state index contributed by atoms with van der Waals surface area (Å²) in [6, 6.07) is 14.2. The number of carbonyl (C=O) groups is 1. The Morgan fingerprint density at radius 1 is 1.17 bits per heavy atom. The number of hydrogen-bond acceptors (Lipinski definition) is 3. The van der Waals surface area contributed by atoms with Crippen LogP contribution in [0.1, 0.15) is 27.0 Å². The van der Waals surface area contributed by atoms with Crippen LogP contribution in [0.25, 0.3) is 0 Å². The molecule has 0 aliphatic heterocycles. The summed E-state index contributed by atoms with van der Waals surface area (Å²) in [7, 11) is 0. The summed E-state index contributed by atoms with van der Waals surface area (Å²) in [4.78, 5) is 13.2. The SMILES string of the molecule is Cc1ccc(C)c(SCc2cccc(C(=O)NCCN)c2)c1.Cl. The minimum Gasteiger partial charge on any atom is -0.351 e. The topological polar surface area (TPSA) is 55.1 Å². The first kappa shape index (κ1) is 19.6. The fraction of sp³-hybridized carbons (Fsp3) is 0.278. The highest BCUT2D eigenvalue weighted by molar-refractivity contribution is 7.98. The number of hydrogen-bond donors (Lipinski definition) is 2. The molecular weight excluding hydrogens is 328 g/mol. The molecule has 0 spiro atoms. The van der Waals surface area contributed by atoms with Gasteiger partial charge >= 0.3 is 0 Å². The first-order valence-electron chi connectivity index (χ1n) is 7.37. The molecule has 0 aliphatic carbocycles. The average Bonchev–Trinajstić information content (AvgIpc) is 2.53. The first-order chi connectivity index (χ1) is 10.6. The van der Waals surface area contributed by atoms with E-state index in [4.69, 9.17) is 5.73 Å². The zero-order valence-corrected chi connectivity index (χ0v) is 15.1. The minimum atomic E-state index is -0.0657. The molecular formula is C18H23ClN2OS. The van der Waals surface area contributed by atoms with Gasteiger partial charge in [0.15, 0.2) is 0 Å². The van der Waals surface area contributed by atoms with E-state index in [2.05, 4.69) is 43.4 Å². The lowest BCUT2D eigenvalue weighted by molar-refractivity contribution is 0.0954. The van der Waals surface area contributed by atoms with Crippen molar-refractivity contribution in [1.29, 1.82) is 0 Å². The zero-order valence-electron chi connectivity index (χ0n) is 13.5. The summed E-state index contributed by atoms with van der Waals surface area (Å²) in [5.74, 6) is 0.784. The standard InChI is InChI=1S/C18H22N2OS.ClH/c1-13-6-7-14(2)17(10-13)22-12-15-4-3-5-16(11-15)18(21)20-9-8-19;/h3-7,10-11H,8-9,12,19H2,1-2H3,(H,20,21);1H. The second-order valence-electron chi connectivity index (χ2n) is 5.30. The fourth-order valence-electron chi connectivity index (χ4n) is 2.11. The monoisotopic (exact) mass is 350 g/mol. The smallest absolute Gasteiger partial charge is 0.251 e. The van der Waals surface area contributed by atoms with Crippen LogP contribution >= 0.6 is 24.2 Å². The molecule has 0 fully saturated rings. The van der Waals surface area contributed by atoms with Crippen LogP contribution < -0.4 is 11.1 Å². The van der Waals surface area contributed by atoms with Crippen molar-refractivity contribution >= 4 is 30.1 Å². The summed E-state index contributed by atoms with van der Waals surface area (Å²) in [5.41, 5.74) is 9.79. The van der Waals surface area contributed by atoms with E-state index in [0.717, 1.165) is 11.3 Å². The van der Waals surface area contributed by atoms with E-state index >= 15 is 0 Å². The van der Waals surface area contributed by atoms with Crippen molar-refractivity contribution in [2.75, 3.05) is 13.1 Å². The number of nitrogens with two attached hydrogens (primary N) is 1. The lowest BCUT2D eigenvalue weighted by atomic mass is 10.1. The number of amides is 1. The van der Waals surface area contributed by atoms with Crippen molar-refractivity contribution in [2.24, 2.45) is 5.73 Å². The molecule has 2 aromatic carbocycles. The van der Waals surface area contributed by atoms with Gasteiger partial charge in [0, 0.05) is 29.3 Å². The molecule has 3 N–H and O–H groups in total. The van der Waals surface area contributed by atoms with Gasteiger partial charge in [0.2, 0.25) is 0 Å². The maximum atomic E-state index is 12.0. The Morgan fingerprint density at radius 3 is 2.70 bits per heavy atom. The van der Waals surface area contributed by atoms with Crippen molar-refractivity contribution < 1.29 is 4.79 Å². The van der Waals surface area contributed by atoms with Crippen LogP contribution in [0.4, 0.5) is 0 Å². The van der Waals surface area contributed by atoms with Crippen LogP contribution in [-0.2, 0) is 5.75 Å². The van der Waals surface area contributed by atoms with E-state index in [1.165, 1.54) is 16.0 Å². The van der Waals surface area contributed by atoms with Gasteiger partial charge in [-0.2, -0.15) is 0 Å². The number of rotatable bonds is 6. The highest BCUT2D eigenvalue weighted by Crippen LogP contribution is 2.27. The Hall–Kier alpha value is -1.49. The average molecular weight is 351 g/mol. The first-order valence-corrected chi connectivity index (χ1v) is 8.36. The van der Waals surface area contributed by atoms with E-state index in [1.807, 2.05) is 18.2 Å². The Labute approximate surface area is 148 Å². The summed E-state index contributed by atoms with van der Waals surface area (Å²) in [6.45, 7) is 5.18. The van der Waals surface area contributed by atoms with Gasteiger partial charge in [0.1, 0.15) is 0 Å². The summed E-state index contributed by atoms with van der Waals surface area (Å²) < 4.78 is 0. The molecule has 0 saturated heterocycles. The summed E-state index contributed by atoms with van der Waals surface area (Å²) >= 11 is 1.80. The van der Waals surface area contributed by atoms with Crippen LogP contribution in [0.5, 0.6) is 0 Å². The number of benzene rings is 2. The van der Waals surface area contributed by atoms with E-state index in [1.54, 1.807) is 11.8 Å². The van der Waals surface area contributed by atoms with Crippen LogP contribution in [0.3, 0.4) is 0 Å². The third-order valence-electron chi connectivity index (χ3n) is 3.36. The quantitative estimate of drug-likeness (QED) is 0.781. The molecule has 3 nitrogen and oxygen atoms in total. The predicted octanol–water partition coefficient (Wildman–Crippen LogP) is 3.71. The van der Waals surface area contributed by atoms with E-state index < -0.39 is 0 Å². The van der Waals surface area contributed by atoms with Gasteiger partial charge in [-0.15, -0.1) is 24.2 Å². The molecule has 0 atom stereocenters. The highest BCUT2D eigenvalue weighted by atomic mass is 35.5. The number of thioether (sulfide) groups is 1. The second kappa shape index (κ2) is 9.60. The van der Waals surface area contributed by atoms with Gasteiger partial charge in [-0.25, -0.2) is 0 Å². The molecule has 0 unspecified atom stereocenters. The summed E-state index contributed by atoms with van der Waals surface area (Å²) in [5, 5.41) is 2.80. The Balaban J connectivity index is 0.00000264. The van der Waals surface area contributed by atoms with Gasteiger partial charge in [0.05, 0.1) is 0 Å². The van der Waals surface area contributed by atoms with Gasteiger partial charge in [-0.05, 0) is 43.2 Å². The molecule has 0 saturated carbocycles. The number of aryl methyl sites for hydroxylation is 2. The molecule has 0 radical (unpaired) electrons. The van der Waals surface area contributed by atoms with Crippen molar-refractivity contribution in [2.45, 2.75) is 24.5 Å². The third-order valence-corrected chi connectivity index (χ3v) is 4.59. The highest BCUT2D eigenvalue weighted by Gasteiger charge is 2.06. The normalized spacial score (nSPS) is 10.0. The predicted molar refractivity (Wildman–Crippen MR) is 101 cm³/mol. The molecule has 124 valence electrons. The molecule has 2 aromatic rings. The minimum absolute atomic E-state index is 0. The Morgan fingerprint density at radius 2 is 1.96 bits per heavy atom. The zero-order chi connectivity index (χ0) is 15.9. The molecule has 2 rings (SSSR count). The van der Waals surface area contributed by atoms with E-state index in [9.17, 15) is 4.79 Å². The molecule has 5 heteroatoms. The number of carbonyl (C=O) groups excluding carboxylic acids is 1. The lowest BCUT2D eigenvalue weighted by Gasteiger charge is -2.08. The van der Waals surface area contributed by atoms with Crippen molar-refractivity contribution in [3.63, 3.8) is 0 Å². The maximum Gasteiger partial charge on any atom is 0.251 e. The molecule has 0 bridgehead atoms. The van der Waals surface area contributed by atoms with Gasteiger partial charge in [-0.1, -0.05) is 29.8 Å². The molecule has 0 heterocycles. The van der Waals surface area contributed by atoms with E-state index in [0.29, 0.717) is 18.7 Å². The third kappa shape index (κ3) is 5.90. The van der Waals surface area contributed by atoms with Gasteiger partial charge in [-0.3, -0.25) is 4.79 Å². The van der Waals surface area contributed by atoms with Crippen LogP contribution in [-0.4, -0.2) is 19.0 Å². The van der Waals surface area contributed by atoms with Crippen LogP contribution in [0.2, 0.25) is 0 Å². The number of nitrogens with one attached hydrogen (secondary N) is 1. The van der Waals surface area contributed by atoms with Crippen molar-refractivity contribution in [1.82, 2.24) is 5.32 Å². The van der Waals surface area contributed by atoms with Crippen molar-refractivity contribution in [3.05, 3.63) is 64.7 Å². The fourth-order valence-corrected chi connectivity index (χ4v) is 3.18. The second-order valence-corrected chi connectivity index (χ2v) is 6.32. The number of halogens is 1. The van der Waals surface area contributed by atoms with Crippen molar-refractivity contribution in [3.8, 4) is 0 Å². The molecule has 0 aromatic heterocycles. The maximum absolute atomic E-state index is 12.0. The van der Waals surface area contributed by atoms with Crippen LogP contribution in [0.15, 0.2) is 47.4 Å².